The molecular formula is C13H16N2O4S. The summed E-state index contributed by atoms with van der Waals surface area (Å²) in [7, 11) is -1.57. The molecule has 1 rings (SSSR count). The van der Waals surface area contributed by atoms with Crippen molar-refractivity contribution in [2.24, 2.45) is 0 Å². The number of amides is 1. The largest absolute Gasteiger partial charge is 0.484 e. The first kappa shape index (κ1) is 16.0. The Bertz CT molecular complexity index is 602. The summed E-state index contributed by atoms with van der Waals surface area (Å²) >= 11 is 0. The normalized spacial score (nSPS) is 10.7. The third-order valence-corrected chi connectivity index (χ3v) is 3.49. The average molecular weight is 296 g/mol. The number of likely N-dealkylation sites (N-methyl/N-ethyl adjacent to an activating group) is 1. The molecule has 0 heterocycles. The van der Waals surface area contributed by atoms with Crippen molar-refractivity contribution in [3.8, 4) is 11.8 Å². The monoisotopic (exact) mass is 296 g/mol. The van der Waals surface area contributed by atoms with Crippen molar-refractivity contribution in [1.29, 1.82) is 5.26 Å². The number of hydrogen-bond donors (Lipinski definition) is 0. The van der Waals surface area contributed by atoms with Crippen LogP contribution < -0.4 is 4.74 Å². The van der Waals surface area contributed by atoms with Crippen LogP contribution >= 0.6 is 0 Å². The Hall–Kier alpha value is -2.07. The smallest absolute Gasteiger partial charge is 0.260 e. The average Bonchev–Trinajstić information content (AvgIpc) is 2.41. The first-order valence-electron chi connectivity index (χ1n) is 5.86. The summed E-state index contributed by atoms with van der Waals surface area (Å²) in [6, 6.07) is 8.36. The van der Waals surface area contributed by atoms with Gasteiger partial charge in [-0.1, -0.05) is 0 Å². The van der Waals surface area contributed by atoms with Crippen LogP contribution in [-0.2, 0) is 14.6 Å². The number of hydrogen-bond acceptors (Lipinski definition) is 5. The Kier molecular flexibility index (Phi) is 5.53. The fourth-order valence-electron chi connectivity index (χ4n) is 1.31. The number of carbonyl (C=O) groups is 1. The molecule has 0 aliphatic heterocycles. The van der Waals surface area contributed by atoms with Gasteiger partial charge in [-0.2, -0.15) is 5.26 Å². The lowest BCUT2D eigenvalue weighted by Gasteiger charge is -2.16. The number of rotatable bonds is 6. The maximum atomic E-state index is 11.7. The van der Waals surface area contributed by atoms with Crippen molar-refractivity contribution in [2.75, 3.05) is 32.2 Å². The Morgan fingerprint density at radius 2 is 1.95 bits per heavy atom. The highest BCUT2D eigenvalue weighted by Crippen LogP contribution is 2.11. The molecule has 108 valence electrons. The van der Waals surface area contributed by atoms with E-state index in [0.29, 0.717) is 11.3 Å². The summed E-state index contributed by atoms with van der Waals surface area (Å²) in [5, 5.41) is 8.64. The van der Waals surface area contributed by atoms with Crippen LogP contribution in [0.3, 0.4) is 0 Å². The minimum absolute atomic E-state index is 0.0773. The van der Waals surface area contributed by atoms with Crippen molar-refractivity contribution >= 4 is 15.7 Å². The standard InChI is InChI=1S/C13H16N2O4S/c1-15(7-8-20(2,17)18)13(16)10-19-12-5-3-11(9-14)4-6-12/h3-6H,7-8,10H2,1-2H3. The fourth-order valence-corrected chi connectivity index (χ4v) is 1.91. The number of nitriles is 1. The topological polar surface area (TPSA) is 87.5 Å². The van der Waals surface area contributed by atoms with Gasteiger partial charge < -0.3 is 9.64 Å². The van der Waals surface area contributed by atoms with Gasteiger partial charge in [0.2, 0.25) is 0 Å². The predicted octanol–water partition coefficient (Wildman–Crippen LogP) is 0.440. The highest BCUT2D eigenvalue weighted by molar-refractivity contribution is 7.90. The third kappa shape index (κ3) is 5.71. The van der Waals surface area contributed by atoms with Crippen LogP contribution in [0.4, 0.5) is 0 Å². The maximum Gasteiger partial charge on any atom is 0.260 e. The summed E-state index contributed by atoms with van der Waals surface area (Å²) in [6.45, 7) is -0.0411. The minimum atomic E-state index is -3.09. The van der Waals surface area contributed by atoms with E-state index in [9.17, 15) is 13.2 Å². The molecule has 1 aromatic carbocycles. The van der Waals surface area contributed by atoms with Gasteiger partial charge >= 0.3 is 0 Å². The molecule has 6 nitrogen and oxygen atoms in total. The minimum Gasteiger partial charge on any atom is -0.484 e. The van der Waals surface area contributed by atoms with Gasteiger partial charge in [0, 0.05) is 19.8 Å². The lowest BCUT2D eigenvalue weighted by molar-refractivity contribution is -0.131. The van der Waals surface area contributed by atoms with Crippen LogP contribution in [-0.4, -0.2) is 51.4 Å². The third-order valence-electron chi connectivity index (χ3n) is 2.57. The molecule has 1 amide bonds. The van der Waals surface area contributed by atoms with Crippen LogP contribution in [0.25, 0.3) is 0 Å². The Labute approximate surface area is 118 Å². The van der Waals surface area contributed by atoms with Gasteiger partial charge in [0.05, 0.1) is 17.4 Å². The Morgan fingerprint density at radius 3 is 2.45 bits per heavy atom. The molecule has 1 aromatic rings. The molecule has 0 fully saturated rings. The lowest BCUT2D eigenvalue weighted by atomic mass is 10.2. The summed E-state index contributed by atoms with van der Waals surface area (Å²) in [4.78, 5) is 13.0. The van der Waals surface area contributed by atoms with Gasteiger partial charge in [0.15, 0.2) is 6.61 Å². The van der Waals surface area contributed by atoms with E-state index in [1.165, 1.54) is 11.9 Å². The zero-order valence-corrected chi connectivity index (χ0v) is 12.2. The second kappa shape index (κ2) is 6.91. The molecule has 0 bridgehead atoms. The second-order valence-corrected chi connectivity index (χ2v) is 6.63. The summed E-state index contributed by atoms with van der Waals surface area (Å²) < 4.78 is 27.3. The Morgan fingerprint density at radius 1 is 1.35 bits per heavy atom. The van der Waals surface area contributed by atoms with Crippen LogP contribution in [0.5, 0.6) is 5.75 Å². The predicted molar refractivity (Wildman–Crippen MR) is 74.0 cm³/mol. The van der Waals surface area contributed by atoms with E-state index in [4.69, 9.17) is 10.00 Å². The summed E-state index contributed by atoms with van der Waals surface area (Å²) in [5.74, 6) is 0.0958. The summed E-state index contributed by atoms with van der Waals surface area (Å²) in [5.41, 5.74) is 0.508. The van der Waals surface area contributed by atoms with Crippen molar-refractivity contribution in [3.63, 3.8) is 0 Å². The number of ether oxygens (including phenoxy) is 1. The van der Waals surface area contributed by atoms with E-state index < -0.39 is 9.84 Å². The molecule has 0 unspecified atom stereocenters. The molecule has 0 atom stereocenters. The molecule has 0 radical (unpaired) electrons. The molecular weight excluding hydrogens is 280 g/mol. The van der Waals surface area contributed by atoms with Crippen LogP contribution in [0, 0.1) is 11.3 Å². The van der Waals surface area contributed by atoms with Gasteiger partial charge in [-0.05, 0) is 24.3 Å². The van der Waals surface area contributed by atoms with E-state index in [0.717, 1.165) is 6.26 Å². The molecule has 0 aromatic heterocycles. The van der Waals surface area contributed by atoms with E-state index in [1.807, 2.05) is 6.07 Å². The van der Waals surface area contributed by atoms with Crippen molar-refractivity contribution < 1.29 is 17.9 Å². The summed E-state index contributed by atoms with van der Waals surface area (Å²) in [6.07, 6.45) is 1.12. The molecule has 0 N–H and O–H groups in total. The van der Waals surface area contributed by atoms with Gasteiger partial charge in [0.1, 0.15) is 15.6 Å². The second-order valence-electron chi connectivity index (χ2n) is 4.37. The number of benzene rings is 1. The molecule has 0 aliphatic carbocycles. The first-order valence-corrected chi connectivity index (χ1v) is 7.92. The zero-order chi connectivity index (χ0) is 15.2. The highest BCUT2D eigenvalue weighted by Gasteiger charge is 2.12. The van der Waals surface area contributed by atoms with E-state index in [1.54, 1.807) is 24.3 Å². The molecule has 0 spiro atoms. The van der Waals surface area contributed by atoms with Gasteiger partial charge in [-0.15, -0.1) is 0 Å². The maximum absolute atomic E-state index is 11.7. The van der Waals surface area contributed by atoms with Crippen molar-refractivity contribution in [3.05, 3.63) is 29.8 Å². The number of carbonyl (C=O) groups excluding carboxylic acids is 1. The van der Waals surface area contributed by atoms with Crippen LogP contribution in [0.1, 0.15) is 5.56 Å². The van der Waals surface area contributed by atoms with Crippen LogP contribution in [0.15, 0.2) is 24.3 Å². The number of nitrogens with zero attached hydrogens (tertiary/aromatic N) is 2. The molecule has 20 heavy (non-hydrogen) atoms. The van der Waals surface area contributed by atoms with E-state index in [-0.39, 0.29) is 24.8 Å². The zero-order valence-electron chi connectivity index (χ0n) is 11.4. The van der Waals surface area contributed by atoms with E-state index >= 15 is 0 Å². The van der Waals surface area contributed by atoms with Gasteiger partial charge in [-0.25, -0.2) is 8.42 Å². The highest BCUT2D eigenvalue weighted by atomic mass is 32.2. The van der Waals surface area contributed by atoms with E-state index in [2.05, 4.69) is 0 Å². The molecule has 0 aliphatic rings. The molecule has 0 saturated carbocycles. The first-order chi connectivity index (χ1) is 9.31. The Balaban J connectivity index is 2.44. The van der Waals surface area contributed by atoms with Crippen LogP contribution in [0.2, 0.25) is 0 Å². The van der Waals surface area contributed by atoms with Crippen molar-refractivity contribution in [1.82, 2.24) is 4.90 Å². The lowest BCUT2D eigenvalue weighted by Crippen LogP contribution is -2.34. The van der Waals surface area contributed by atoms with Gasteiger partial charge in [0.25, 0.3) is 5.91 Å². The molecule has 0 saturated heterocycles. The quantitative estimate of drug-likeness (QED) is 0.760. The SMILES string of the molecule is CN(CCS(C)(=O)=O)C(=O)COc1ccc(C#N)cc1. The number of sulfone groups is 1. The van der Waals surface area contributed by atoms with Gasteiger partial charge in [-0.3, -0.25) is 4.79 Å². The van der Waals surface area contributed by atoms with Crippen molar-refractivity contribution in [2.45, 2.75) is 0 Å². The molecule has 7 heteroatoms. The fraction of sp³-hybridized carbons (Fsp3) is 0.385.